The Morgan fingerprint density at radius 1 is 1.50 bits per heavy atom. The van der Waals surface area contributed by atoms with Crippen LogP contribution < -0.4 is 5.32 Å². The van der Waals surface area contributed by atoms with Crippen LogP contribution in [0.15, 0.2) is 16.7 Å². The van der Waals surface area contributed by atoms with Crippen LogP contribution in [0, 0.1) is 0 Å². The monoisotopic (exact) mass is 252 g/mol. The van der Waals surface area contributed by atoms with Gasteiger partial charge >= 0.3 is 5.97 Å². The van der Waals surface area contributed by atoms with Crippen LogP contribution in [0.4, 0.5) is 0 Å². The molecule has 1 aromatic heterocycles. The fourth-order valence-electron chi connectivity index (χ4n) is 2.53. The number of methoxy groups -OCH3 is 1. The molecule has 0 radical (unpaired) electrons. The quantitative estimate of drug-likeness (QED) is 0.820. The van der Waals surface area contributed by atoms with Crippen LogP contribution in [-0.4, -0.2) is 43.2 Å². The predicted octanol–water partition coefficient (Wildman–Crippen LogP) is 1.25. The molecule has 1 aliphatic rings. The van der Waals surface area contributed by atoms with Crippen LogP contribution in [0.1, 0.15) is 30.0 Å². The lowest BCUT2D eigenvalue weighted by Gasteiger charge is -2.35. The summed E-state index contributed by atoms with van der Waals surface area (Å²) in [4.78, 5) is 13.8. The number of hydrogen-bond acceptors (Lipinski definition) is 5. The first-order chi connectivity index (χ1) is 8.60. The highest BCUT2D eigenvalue weighted by Crippen LogP contribution is 2.16. The second-order valence-electron chi connectivity index (χ2n) is 4.91. The Morgan fingerprint density at radius 3 is 2.78 bits per heavy atom. The van der Waals surface area contributed by atoms with E-state index in [9.17, 15) is 4.79 Å². The van der Waals surface area contributed by atoms with E-state index in [0.29, 0.717) is 30.0 Å². The minimum absolute atomic E-state index is 0.338. The largest absolute Gasteiger partial charge is 0.467 e. The van der Waals surface area contributed by atoms with Gasteiger partial charge in [0.1, 0.15) is 11.3 Å². The van der Waals surface area contributed by atoms with Crippen molar-refractivity contribution in [3.05, 3.63) is 23.7 Å². The van der Waals surface area contributed by atoms with Crippen LogP contribution in [0.5, 0.6) is 0 Å². The van der Waals surface area contributed by atoms with Crippen molar-refractivity contribution in [2.45, 2.75) is 32.5 Å². The highest BCUT2D eigenvalue weighted by Gasteiger charge is 2.24. The molecule has 0 aliphatic carbocycles. The Balaban J connectivity index is 2.05. The summed E-state index contributed by atoms with van der Waals surface area (Å²) in [5, 5.41) is 3.47. The molecule has 0 spiro atoms. The van der Waals surface area contributed by atoms with Crippen molar-refractivity contribution >= 4 is 5.97 Å². The van der Waals surface area contributed by atoms with E-state index < -0.39 is 0 Å². The first-order valence-corrected chi connectivity index (χ1v) is 6.23. The van der Waals surface area contributed by atoms with E-state index in [0.717, 1.165) is 13.1 Å². The topological polar surface area (TPSA) is 54.7 Å². The molecule has 0 aromatic carbocycles. The van der Waals surface area contributed by atoms with Gasteiger partial charge in [0.2, 0.25) is 0 Å². The molecule has 18 heavy (non-hydrogen) atoms. The van der Waals surface area contributed by atoms with Gasteiger partial charge in [0, 0.05) is 25.2 Å². The van der Waals surface area contributed by atoms with Crippen molar-refractivity contribution in [2.24, 2.45) is 0 Å². The van der Waals surface area contributed by atoms with Crippen LogP contribution in [0.3, 0.4) is 0 Å². The number of nitrogens with one attached hydrogen (secondary N) is 1. The summed E-state index contributed by atoms with van der Waals surface area (Å²) in [5.74, 6) is 0.345. The van der Waals surface area contributed by atoms with Crippen LogP contribution in [-0.2, 0) is 11.3 Å². The third-order valence-electron chi connectivity index (χ3n) is 3.15. The predicted molar refractivity (Wildman–Crippen MR) is 67.4 cm³/mol. The summed E-state index contributed by atoms with van der Waals surface area (Å²) in [5.41, 5.74) is 0.524. The zero-order chi connectivity index (χ0) is 13.1. The third kappa shape index (κ3) is 2.91. The number of hydrogen-bond donors (Lipinski definition) is 1. The lowest BCUT2D eigenvalue weighted by Crippen LogP contribution is -2.53. The number of ether oxygens (including phenoxy) is 1. The summed E-state index contributed by atoms with van der Waals surface area (Å²) in [6.45, 7) is 6.86. The Labute approximate surface area is 107 Å². The first-order valence-electron chi connectivity index (χ1n) is 6.23. The molecule has 5 heteroatoms. The van der Waals surface area contributed by atoms with Crippen molar-refractivity contribution in [1.29, 1.82) is 0 Å². The fourth-order valence-corrected chi connectivity index (χ4v) is 2.53. The molecule has 0 saturated carbocycles. The molecule has 2 atom stereocenters. The molecule has 0 amide bonds. The van der Waals surface area contributed by atoms with E-state index in [1.165, 1.54) is 13.4 Å². The average Bonchev–Trinajstić information content (AvgIpc) is 2.74. The first kappa shape index (κ1) is 13.1. The number of piperazine rings is 1. The number of carbonyl (C=O) groups excluding carboxylic acids is 1. The van der Waals surface area contributed by atoms with Crippen LogP contribution in [0.25, 0.3) is 0 Å². The second kappa shape index (κ2) is 5.54. The molecular formula is C13H20N2O3. The Hall–Kier alpha value is -1.33. The molecule has 100 valence electrons. The van der Waals surface area contributed by atoms with Crippen molar-refractivity contribution in [1.82, 2.24) is 10.2 Å². The minimum atomic E-state index is -0.338. The van der Waals surface area contributed by atoms with Gasteiger partial charge in [-0.1, -0.05) is 0 Å². The molecule has 2 rings (SSSR count). The average molecular weight is 252 g/mol. The van der Waals surface area contributed by atoms with Gasteiger partial charge in [-0.2, -0.15) is 0 Å². The number of carbonyl (C=O) groups is 1. The van der Waals surface area contributed by atoms with Crippen LogP contribution >= 0.6 is 0 Å². The standard InChI is InChI=1S/C13H20N2O3/c1-9-6-15(7-10(2)14-9)8-12-11(4-5-18-12)13(16)17-3/h4-5,9-10,14H,6-8H2,1-3H3. The lowest BCUT2D eigenvalue weighted by molar-refractivity contribution is 0.0595. The van der Waals surface area contributed by atoms with Gasteiger partial charge in [-0.3, -0.25) is 4.90 Å². The van der Waals surface area contributed by atoms with Crippen molar-refractivity contribution in [3.8, 4) is 0 Å². The maximum absolute atomic E-state index is 11.6. The van der Waals surface area contributed by atoms with E-state index >= 15 is 0 Å². The maximum Gasteiger partial charge on any atom is 0.341 e. The molecule has 2 unspecified atom stereocenters. The summed E-state index contributed by atoms with van der Waals surface area (Å²) >= 11 is 0. The zero-order valence-corrected chi connectivity index (χ0v) is 11.1. The normalized spacial score (nSPS) is 25.1. The molecule has 1 saturated heterocycles. The van der Waals surface area contributed by atoms with Gasteiger partial charge in [-0.25, -0.2) is 4.79 Å². The van der Waals surface area contributed by atoms with E-state index in [-0.39, 0.29) is 5.97 Å². The van der Waals surface area contributed by atoms with Gasteiger partial charge in [0.15, 0.2) is 0 Å². The van der Waals surface area contributed by atoms with E-state index in [2.05, 4.69) is 24.1 Å². The number of esters is 1. The van der Waals surface area contributed by atoms with Gasteiger partial charge in [-0.05, 0) is 19.9 Å². The molecule has 1 N–H and O–H groups in total. The molecule has 1 aliphatic heterocycles. The fraction of sp³-hybridized carbons (Fsp3) is 0.615. The molecule has 1 fully saturated rings. The van der Waals surface area contributed by atoms with Gasteiger partial charge in [-0.15, -0.1) is 0 Å². The Morgan fingerprint density at radius 2 is 2.17 bits per heavy atom. The van der Waals surface area contributed by atoms with E-state index in [1.807, 2.05) is 0 Å². The molecular weight excluding hydrogens is 232 g/mol. The van der Waals surface area contributed by atoms with Gasteiger partial charge < -0.3 is 14.5 Å². The summed E-state index contributed by atoms with van der Waals surface area (Å²) in [6, 6.07) is 2.56. The smallest absolute Gasteiger partial charge is 0.341 e. The van der Waals surface area contributed by atoms with Crippen LogP contribution in [0.2, 0.25) is 0 Å². The third-order valence-corrected chi connectivity index (χ3v) is 3.15. The van der Waals surface area contributed by atoms with Gasteiger partial charge in [0.05, 0.1) is 19.9 Å². The maximum atomic E-state index is 11.6. The number of nitrogens with zero attached hydrogens (tertiary/aromatic N) is 1. The summed E-state index contributed by atoms with van der Waals surface area (Å²) < 4.78 is 10.1. The molecule has 0 bridgehead atoms. The Kier molecular flexibility index (Phi) is 4.04. The SMILES string of the molecule is COC(=O)c1ccoc1CN1CC(C)NC(C)C1. The minimum Gasteiger partial charge on any atom is -0.467 e. The molecule has 5 nitrogen and oxygen atoms in total. The van der Waals surface area contributed by atoms with Crippen molar-refractivity contribution in [3.63, 3.8) is 0 Å². The Bertz CT molecular complexity index is 406. The lowest BCUT2D eigenvalue weighted by atomic mass is 10.1. The summed E-state index contributed by atoms with van der Waals surface area (Å²) in [7, 11) is 1.38. The molecule has 2 heterocycles. The highest BCUT2D eigenvalue weighted by molar-refractivity contribution is 5.90. The van der Waals surface area contributed by atoms with Crippen molar-refractivity contribution < 1.29 is 13.9 Å². The van der Waals surface area contributed by atoms with E-state index in [4.69, 9.17) is 9.15 Å². The highest BCUT2D eigenvalue weighted by atomic mass is 16.5. The van der Waals surface area contributed by atoms with Crippen molar-refractivity contribution in [2.75, 3.05) is 20.2 Å². The van der Waals surface area contributed by atoms with Gasteiger partial charge in [0.25, 0.3) is 0 Å². The van der Waals surface area contributed by atoms with E-state index in [1.54, 1.807) is 6.07 Å². The summed E-state index contributed by atoms with van der Waals surface area (Å²) in [6.07, 6.45) is 1.54. The zero-order valence-electron chi connectivity index (χ0n) is 11.1. The second-order valence-corrected chi connectivity index (χ2v) is 4.91. The number of furan rings is 1. The number of rotatable bonds is 3. The molecule has 1 aromatic rings.